The molecule has 6 nitrogen and oxygen atoms in total. The van der Waals surface area contributed by atoms with Crippen LogP contribution in [0.2, 0.25) is 0 Å². The molecule has 0 aliphatic rings. The summed E-state index contributed by atoms with van der Waals surface area (Å²) in [6.07, 6.45) is 4.12. The molecule has 0 bridgehead atoms. The molecule has 3 N–H and O–H groups in total. The van der Waals surface area contributed by atoms with Gasteiger partial charge < -0.3 is 15.6 Å². The topological polar surface area (TPSA) is 85.8 Å². The van der Waals surface area contributed by atoms with E-state index in [-0.39, 0.29) is 5.91 Å². The van der Waals surface area contributed by atoms with Crippen molar-refractivity contribution in [2.45, 2.75) is 13.0 Å². The summed E-state index contributed by atoms with van der Waals surface area (Å²) in [7, 11) is 0. The van der Waals surface area contributed by atoms with E-state index in [0.29, 0.717) is 23.6 Å². The summed E-state index contributed by atoms with van der Waals surface area (Å²) >= 11 is 3.73. The number of nitrogens with two attached hydrogens (primary N) is 1. The van der Waals surface area contributed by atoms with Crippen LogP contribution >= 0.6 is 15.9 Å². The molecule has 0 aliphatic heterocycles. The number of amides is 1. The summed E-state index contributed by atoms with van der Waals surface area (Å²) in [5.74, 6) is 0.245. The monoisotopic (exact) mass is 461 g/mol. The fraction of sp³-hybridized carbons (Fsp3) is 0.0870. The Morgan fingerprint density at radius 1 is 1.17 bits per heavy atom. The van der Waals surface area contributed by atoms with Gasteiger partial charge in [-0.05, 0) is 52.2 Å². The number of nitrogen functional groups attached to an aromatic ring is 1. The average molecular weight is 462 g/mol. The van der Waals surface area contributed by atoms with Gasteiger partial charge >= 0.3 is 0 Å². The van der Waals surface area contributed by atoms with E-state index in [9.17, 15) is 4.79 Å². The Balaban J connectivity index is 1.78. The molecule has 4 aromatic rings. The molecule has 0 atom stereocenters. The van der Waals surface area contributed by atoms with Crippen molar-refractivity contribution in [3.05, 3.63) is 83.7 Å². The lowest BCUT2D eigenvalue weighted by Gasteiger charge is -2.09. The standard InChI is InChI=1S/C23H20BrN5O/c1-2-3-12-29-20(24)18(19-21(25)26-14-27-22(19)29)16-10-7-11-17(13-16)28-23(30)15-8-5-4-6-9-15/h2,4-11,13-14H,1,3,12H2,(H,28,30)(H2,25,26,27). The molecule has 0 saturated carbocycles. The normalized spacial score (nSPS) is 10.8. The predicted molar refractivity (Wildman–Crippen MR) is 124 cm³/mol. The molecule has 150 valence electrons. The largest absolute Gasteiger partial charge is 0.383 e. The molecule has 0 saturated heterocycles. The van der Waals surface area contributed by atoms with E-state index >= 15 is 0 Å². The van der Waals surface area contributed by atoms with Crippen molar-refractivity contribution in [2.24, 2.45) is 0 Å². The highest BCUT2D eigenvalue weighted by Crippen LogP contribution is 2.40. The van der Waals surface area contributed by atoms with Crippen molar-refractivity contribution in [1.29, 1.82) is 0 Å². The highest BCUT2D eigenvalue weighted by Gasteiger charge is 2.20. The van der Waals surface area contributed by atoms with Gasteiger partial charge in [0.25, 0.3) is 5.91 Å². The number of rotatable bonds is 6. The maximum absolute atomic E-state index is 12.5. The molecule has 1 amide bonds. The molecule has 4 rings (SSSR count). The van der Waals surface area contributed by atoms with Gasteiger partial charge in [-0.15, -0.1) is 6.58 Å². The highest BCUT2D eigenvalue weighted by atomic mass is 79.9. The first-order valence-electron chi connectivity index (χ1n) is 9.46. The van der Waals surface area contributed by atoms with E-state index < -0.39 is 0 Å². The van der Waals surface area contributed by atoms with Gasteiger partial charge in [0.05, 0.1) is 9.99 Å². The van der Waals surface area contributed by atoms with Gasteiger partial charge in [-0.1, -0.05) is 36.4 Å². The van der Waals surface area contributed by atoms with E-state index in [1.807, 2.05) is 48.5 Å². The number of nitrogens with one attached hydrogen (secondary N) is 1. The van der Waals surface area contributed by atoms with Crippen molar-refractivity contribution < 1.29 is 4.79 Å². The summed E-state index contributed by atoms with van der Waals surface area (Å²) in [6, 6.07) is 16.8. The zero-order valence-corrected chi connectivity index (χ0v) is 17.8. The second-order valence-corrected chi connectivity index (χ2v) is 7.50. The second-order valence-electron chi connectivity index (χ2n) is 6.75. The predicted octanol–water partition coefficient (Wildman–Crippen LogP) is 5.27. The number of nitrogens with zero attached hydrogens (tertiary/aromatic N) is 3. The fourth-order valence-corrected chi connectivity index (χ4v) is 4.17. The number of halogens is 1. The molecule has 30 heavy (non-hydrogen) atoms. The first-order valence-corrected chi connectivity index (χ1v) is 10.3. The first-order chi connectivity index (χ1) is 14.6. The zero-order chi connectivity index (χ0) is 21.1. The Kier molecular flexibility index (Phi) is 5.63. The Bertz CT molecular complexity index is 1230. The van der Waals surface area contributed by atoms with Crippen LogP contribution in [0.15, 0.2) is 78.2 Å². The van der Waals surface area contributed by atoms with Gasteiger partial charge in [0.2, 0.25) is 0 Å². The molecule has 0 aliphatic carbocycles. The number of fused-ring (bicyclic) bond motifs is 1. The first kappa shape index (κ1) is 19.8. The Hall–Kier alpha value is -3.45. The SMILES string of the molecule is C=CCCn1c(Br)c(-c2cccc(NC(=O)c3ccccc3)c2)c2c(N)ncnc21. The lowest BCUT2D eigenvalue weighted by molar-refractivity contribution is 0.102. The number of hydrogen-bond donors (Lipinski definition) is 2. The number of aryl methyl sites for hydroxylation is 1. The lowest BCUT2D eigenvalue weighted by Crippen LogP contribution is -2.11. The summed E-state index contributed by atoms with van der Waals surface area (Å²) < 4.78 is 2.91. The van der Waals surface area contributed by atoms with Crippen molar-refractivity contribution in [3.8, 4) is 11.1 Å². The van der Waals surface area contributed by atoms with Crippen molar-refractivity contribution in [3.63, 3.8) is 0 Å². The van der Waals surface area contributed by atoms with Crippen LogP contribution in [0, 0.1) is 0 Å². The van der Waals surface area contributed by atoms with Crippen LogP contribution in [0.4, 0.5) is 11.5 Å². The van der Waals surface area contributed by atoms with Gasteiger partial charge in [0, 0.05) is 23.4 Å². The van der Waals surface area contributed by atoms with Crippen LogP contribution < -0.4 is 11.1 Å². The quantitative estimate of drug-likeness (QED) is 0.382. The molecule has 0 radical (unpaired) electrons. The Labute approximate surface area is 182 Å². The molecule has 7 heteroatoms. The van der Waals surface area contributed by atoms with E-state index in [2.05, 4.69) is 42.4 Å². The van der Waals surface area contributed by atoms with Crippen LogP contribution in [-0.4, -0.2) is 20.4 Å². The zero-order valence-electron chi connectivity index (χ0n) is 16.2. The number of benzene rings is 2. The van der Waals surface area contributed by atoms with Crippen molar-refractivity contribution >= 4 is 44.4 Å². The van der Waals surface area contributed by atoms with Crippen LogP contribution in [-0.2, 0) is 6.54 Å². The molecular weight excluding hydrogens is 442 g/mol. The molecular formula is C23H20BrN5O. The number of allylic oxidation sites excluding steroid dienone is 1. The summed E-state index contributed by atoms with van der Waals surface area (Å²) in [5, 5.41) is 3.73. The molecule has 2 aromatic carbocycles. The fourth-order valence-electron chi connectivity index (χ4n) is 3.40. The van der Waals surface area contributed by atoms with Gasteiger partial charge in [0.1, 0.15) is 17.8 Å². The third kappa shape index (κ3) is 3.71. The molecule has 0 spiro atoms. The van der Waals surface area contributed by atoms with Gasteiger partial charge in [-0.2, -0.15) is 0 Å². The van der Waals surface area contributed by atoms with Crippen LogP contribution in [0.1, 0.15) is 16.8 Å². The minimum atomic E-state index is -0.164. The Morgan fingerprint density at radius 3 is 2.73 bits per heavy atom. The van der Waals surface area contributed by atoms with Crippen LogP contribution in [0.5, 0.6) is 0 Å². The number of carbonyl (C=O) groups is 1. The third-order valence-electron chi connectivity index (χ3n) is 4.81. The molecule has 2 aromatic heterocycles. The summed E-state index contributed by atoms with van der Waals surface area (Å²) in [4.78, 5) is 21.2. The summed E-state index contributed by atoms with van der Waals surface area (Å²) in [5.41, 5.74) is 10.1. The number of hydrogen-bond acceptors (Lipinski definition) is 4. The molecule has 2 heterocycles. The third-order valence-corrected chi connectivity index (χ3v) is 5.63. The maximum Gasteiger partial charge on any atom is 0.255 e. The molecule has 0 unspecified atom stereocenters. The van der Waals surface area contributed by atoms with Gasteiger partial charge in [-0.25, -0.2) is 9.97 Å². The minimum Gasteiger partial charge on any atom is -0.383 e. The van der Waals surface area contributed by atoms with E-state index in [1.54, 1.807) is 12.1 Å². The smallest absolute Gasteiger partial charge is 0.255 e. The second kappa shape index (κ2) is 8.51. The van der Waals surface area contributed by atoms with Crippen molar-refractivity contribution in [2.75, 3.05) is 11.1 Å². The lowest BCUT2D eigenvalue weighted by atomic mass is 10.1. The van der Waals surface area contributed by atoms with Crippen molar-refractivity contribution in [1.82, 2.24) is 14.5 Å². The minimum absolute atomic E-state index is 0.164. The van der Waals surface area contributed by atoms with E-state index in [4.69, 9.17) is 5.73 Å². The number of anilines is 2. The molecule has 0 fully saturated rings. The highest BCUT2D eigenvalue weighted by molar-refractivity contribution is 9.10. The van der Waals surface area contributed by atoms with Crippen LogP contribution in [0.3, 0.4) is 0 Å². The van der Waals surface area contributed by atoms with Crippen LogP contribution in [0.25, 0.3) is 22.2 Å². The Morgan fingerprint density at radius 2 is 1.97 bits per heavy atom. The number of carbonyl (C=O) groups excluding carboxylic acids is 1. The van der Waals surface area contributed by atoms with Gasteiger partial charge in [-0.3, -0.25) is 4.79 Å². The average Bonchev–Trinajstić information content (AvgIpc) is 3.05. The van der Waals surface area contributed by atoms with E-state index in [1.165, 1.54) is 6.33 Å². The maximum atomic E-state index is 12.5. The van der Waals surface area contributed by atoms with Gasteiger partial charge in [0.15, 0.2) is 0 Å². The number of aromatic nitrogens is 3. The summed E-state index contributed by atoms with van der Waals surface area (Å²) in [6.45, 7) is 4.52. The van der Waals surface area contributed by atoms with E-state index in [0.717, 1.165) is 33.2 Å².